The van der Waals surface area contributed by atoms with Crippen LogP contribution < -0.4 is 0 Å². The van der Waals surface area contributed by atoms with Crippen molar-refractivity contribution >= 4 is 11.5 Å². The van der Waals surface area contributed by atoms with Gasteiger partial charge in [0.15, 0.2) is 0 Å². The number of ether oxygens (including phenoxy) is 1. The van der Waals surface area contributed by atoms with Gasteiger partial charge in [-0.05, 0) is 5.56 Å². The fraction of sp³-hybridized carbons (Fsp3) is 0. The lowest BCUT2D eigenvalue weighted by molar-refractivity contribution is -0.132. The molecule has 1 aromatic rings. The summed E-state index contributed by atoms with van der Waals surface area (Å²) in [5, 5.41) is 8.84. The van der Waals surface area contributed by atoms with Gasteiger partial charge in [0.05, 0.1) is 11.8 Å². The molecular formula is C12H9NO2. The zero-order valence-corrected chi connectivity index (χ0v) is 8.01. The van der Waals surface area contributed by atoms with E-state index in [2.05, 4.69) is 11.3 Å². The van der Waals surface area contributed by atoms with Crippen molar-refractivity contribution in [3.05, 3.63) is 54.8 Å². The van der Waals surface area contributed by atoms with Gasteiger partial charge in [0.25, 0.3) is 0 Å². The quantitative estimate of drug-likeness (QED) is 0.325. The van der Waals surface area contributed by atoms with Crippen molar-refractivity contribution in [2.75, 3.05) is 0 Å². The van der Waals surface area contributed by atoms with Gasteiger partial charge < -0.3 is 4.74 Å². The van der Waals surface area contributed by atoms with Crippen molar-refractivity contribution in [1.82, 2.24) is 0 Å². The minimum absolute atomic E-state index is 0.266. The Morgan fingerprint density at radius 1 is 1.40 bits per heavy atom. The first-order chi connectivity index (χ1) is 7.27. The van der Waals surface area contributed by atoms with Gasteiger partial charge in [-0.2, -0.15) is 5.26 Å². The van der Waals surface area contributed by atoms with E-state index in [1.165, 1.54) is 0 Å². The number of nitrogens with zero attached hydrogens (tertiary/aromatic N) is 1. The number of carbonyl (C=O) groups is 1. The minimum Gasteiger partial charge on any atom is -0.432 e. The lowest BCUT2D eigenvalue weighted by Gasteiger charge is -1.97. The number of rotatable bonds is 3. The fourth-order valence-electron chi connectivity index (χ4n) is 1.03. The summed E-state index contributed by atoms with van der Waals surface area (Å²) in [6.45, 7) is 3.25. The van der Waals surface area contributed by atoms with Crippen LogP contribution in [0.4, 0.5) is 0 Å². The molecule has 0 N–H and O–H groups in total. The molecule has 0 aromatic heterocycles. The predicted octanol–water partition coefficient (Wildman–Crippen LogP) is 2.28. The molecule has 15 heavy (non-hydrogen) atoms. The van der Waals surface area contributed by atoms with E-state index >= 15 is 0 Å². The molecule has 0 aliphatic carbocycles. The predicted molar refractivity (Wildman–Crippen MR) is 56.3 cm³/mol. The Hall–Kier alpha value is -2.34. The van der Waals surface area contributed by atoms with E-state index in [4.69, 9.17) is 5.26 Å². The number of benzene rings is 1. The Labute approximate surface area is 87.9 Å². The molecule has 0 fully saturated rings. The molecule has 0 heterocycles. The highest BCUT2D eigenvalue weighted by molar-refractivity contribution is 5.95. The Kier molecular flexibility index (Phi) is 3.87. The number of esters is 1. The Morgan fingerprint density at radius 2 is 2.07 bits per heavy atom. The van der Waals surface area contributed by atoms with Crippen molar-refractivity contribution in [3.8, 4) is 6.07 Å². The van der Waals surface area contributed by atoms with Crippen LogP contribution in [-0.4, -0.2) is 5.97 Å². The number of hydrogen-bond acceptors (Lipinski definition) is 3. The average molecular weight is 199 g/mol. The molecule has 0 atom stereocenters. The van der Waals surface area contributed by atoms with Crippen LogP contribution in [0.25, 0.3) is 5.57 Å². The molecule has 74 valence electrons. The maximum Gasteiger partial charge on any atom is 0.336 e. The molecule has 0 saturated carbocycles. The molecule has 0 aliphatic heterocycles. The zero-order chi connectivity index (χ0) is 11.1. The molecule has 0 amide bonds. The maximum absolute atomic E-state index is 11.1. The normalized spacial score (nSPS) is 10.2. The standard InChI is InChI=1S/C12H9NO2/c1-2-15-12(14)8-11(9-13)10-6-4-3-5-7-10/h2-8H,1H2. The van der Waals surface area contributed by atoms with Gasteiger partial charge in [0.2, 0.25) is 0 Å². The molecule has 0 unspecified atom stereocenters. The zero-order valence-electron chi connectivity index (χ0n) is 8.01. The van der Waals surface area contributed by atoms with Gasteiger partial charge in [0, 0.05) is 6.08 Å². The van der Waals surface area contributed by atoms with Crippen LogP contribution in [0.15, 0.2) is 49.2 Å². The number of nitriles is 1. The van der Waals surface area contributed by atoms with E-state index in [1.54, 1.807) is 24.3 Å². The van der Waals surface area contributed by atoms with E-state index in [9.17, 15) is 4.79 Å². The third-order valence-electron chi connectivity index (χ3n) is 1.67. The van der Waals surface area contributed by atoms with Crippen molar-refractivity contribution in [2.45, 2.75) is 0 Å². The summed E-state index contributed by atoms with van der Waals surface area (Å²) in [5.41, 5.74) is 0.948. The Bertz CT molecular complexity index is 427. The molecule has 0 bridgehead atoms. The number of carbonyl (C=O) groups excluding carboxylic acids is 1. The van der Waals surface area contributed by atoms with Gasteiger partial charge >= 0.3 is 5.97 Å². The molecule has 1 rings (SSSR count). The molecular weight excluding hydrogens is 190 g/mol. The first-order valence-electron chi connectivity index (χ1n) is 4.26. The molecule has 1 aromatic carbocycles. The van der Waals surface area contributed by atoms with Crippen LogP contribution in [0.5, 0.6) is 0 Å². The van der Waals surface area contributed by atoms with Crippen molar-refractivity contribution in [1.29, 1.82) is 5.26 Å². The van der Waals surface area contributed by atoms with E-state index in [0.29, 0.717) is 5.56 Å². The van der Waals surface area contributed by atoms with Crippen LogP contribution in [-0.2, 0) is 9.53 Å². The number of hydrogen-bond donors (Lipinski definition) is 0. The lowest BCUT2D eigenvalue weighted by atomic mass is 10.1. The lowest BCUT2D eigenvalue weighted by Crippen LogP contribution is -1.95. The van der Waals surface area contributed by atoms with Gasteiger partial charge in [-0.3, -0.25) is 0 Å². The van der Waals surface area contributed by atoms with Crippen LogP contribution >= 0.6 is 0 Å². The van der Waals surface area contributed by atoms with Crippen LogP contribution in [0.3, 0.4) is 0 Å². The van der Waals surface area contributed by atoms with E-state index < -0.39 is 5.97 Å². The van der Waals surface area contributed by atoms with Gasteiger partial charge in [0.1, 0.15) is 6.07 Å². The molecule has 3 nitrogen and oxygen atoms in total. The average Bonchev–Trinajstić information content (AvgIpc) is 2.27. The highest BCUT2D eigenvalue weighted by atomic mass is 16.5. The summed E-state index contributed by atoms with van der Waals surface area (Å²) in [6.07, 6.45) is 2.16. The van der Waals surface area contributed by atoms with E-state index in [1.807, 2.05) is 12.1 Å². The van der Waals surface area contributed by atoms with Crippen molar-refractivity contribution in [3.63, 3.8) is 0 Å². The molecule has 0 radical (unpaired) electrons. The molecule has 0 spiro atoms. The van der Waals surface area contributed by atoms with Crippen LogP contribution in [0, 0.1) is 11.3 Å². The smallest absolute Gasteiger partial charge is 0.336 e. The fourth-order valence-corrected chi connectivity index (χ4v) is 1.03. The minimum atomic E-state index is -0.606. The van der Waals surface area contributed by atoms with Crippen LogP contribution in [0.1, 0.15) is 5.56 Å². The van der Waals surface area contributed by atoms with Crippen molar-refractivity contribution < 1.29 is 9.53 Å². The topological polar surface area (TPSA) is 50.1 Å². The highest BCUT2D eigenvalue weighted by Crippen LogP contribution is 2.12. The second kappa shape index (κ2) is 5.40. The Morgan fingerprint density at radius 3 is 2.60 bits per heavy atom. The maximum atomic E-state index is 11.1. The summed E-state index contributed by atoms with van der Waals surface area (Å²) in [7, 11) is 0. The summed E-state index contributed by atoms with van der Waals surface area (Å²) < 4.78 is 4.49. The van der Waals surface area contributed by atoms with Gasteiger partial charge in [-0.1, -0.05) is 36.9 Å². The third-order valence-corrected chi connectivity index (χ3v) is 1.67. The third kappa shape index (κ3) is 3.12. The van der Waals surface area contributed by atoms with Crippen molar-refractivity contribution in [2.24, 2.45) is 0 Å². The number of allylic oxidation sites excluding steroid dienone is 1. The van der Waals surface area contributed by atoms with Gasteiger partial charge in [-0.15, -0.1) is 0 Å². The monoisotopic (exact) mass is 199 g/mol. The van der Waals surface area contributed by atoms with E-state index in [0.717, 1.165) is 12.3 Å². The van der Waals surface area contributed by atoms with E-state index in [-0.39, 0.29) is 5.57 Å². The molecule has 3 heteroatoms. The Balaban J connectivity index is 2.96. The van der Waals surface area contributed by atoms with Crippen LogP contribution in [0.2, 0.25) is 0 Å². The van der Waals surface area contributed by atoms with Gasteiger partial charge in [-0.25, -0.2) is 4.79 Å². The summed E-state index contributed by atoms with van der Waals surface area (Å²) in [5.74, 6) is -0.606. The second-order valence-corrected chi connectivity index (χ2v) is 2.64. The largest absolute Gasteiger partial charge is 0.432 e. The SMILES string of the molecule is C=COC(=O)C=C(C#N)c1ccccc1. The highest BCUT2D eigenvalue weighted by Gasteiger charge is 2.03. The summed E-state index contributed by atoms with van der Waals surface area (Å²) in [6, 6.07) is 10.8. The first-order valence-corrected chi connectivity index (χ1v) is 4.26. The summed E-state index contributed by atoms with van der Waals surface area (Å²) >= 11 is 0. The first kappa shape index (κ1) is 10.7. The summed E-state index contributed by atoms with van der Waals surface area (Å²) in [4.78, 5) is 11.1. The second-order valence-electron chi connectivity index (χ2n) is 2.64. The molecule has 0 aliphatic rings. The molecule has 0 saturated heterocycles.